The predicted octanol–water partition coefficient (Wildman–Crippen LogP) is 0.987. The Balaban J connectivity index is 1.85. The van der Waals surface area contributed by atoms with Gasteiger partial charge >= 0.3 is 5.97 Å². The molecule has 2 rings (SSSR count). The number of rotatable bonds is 4. The highest BCUT2D eigenvalue weighted by molar-refractivity contribution is 5.66. The van der Waals surface area contributed by atoms with Crippen LogP contribution in [0.3, 0.4) is 0 Å². The number of aliphatic carboxylic acids is 1. The SMILES string of the molecule is Cc1cc(N2CCN(CCC(=O)O)CC2)ccn1. The van der Waals surface area contributed by atoms with Gasteiger partial charge < -0.3 is 10.0 Å². The van der Waals surface area contributed by atoms with Crippen molar-refractivity contribution in [1.82, 2.24) is 9.88 Å². The van der Waals surface area contributed by atoms with Gasteiger partial charge in [-0.3, -0.25) is 14.7 Å². The van der Waals surface area contributed by atoms with Gasteiger partial charge in [0.05, 0.1) is 6.42 Å². The number of carbonyl (C=O) groups is 1. The van der Waals surface area contributed by atoms with Crippen LogP contribution in [0.2, 0.25) is 0 Å². The van der Waals surface area contributed by atoms with E-state index in [-0.39, 0.29) is 6.42 Å². The number of hydrogen-bond donors (Lipinski definition) is 1. The predicted molar refractivity (Wildman–Crippen MR) is 69.9 cm³/mol. The lowest BCUT2D eigenvalue weighted by Crippen LogP contribution is -2.46. The molecule has 0 unspecified atom stereocenters. The zero-order chi connectivity index (χ0) is 13.0. The summed E-state index contributed by atoms with van der Waals surface area (Å²) >= 11 is 0. The van der Waals surface area contributed by atoms with Crippen molar-refractivity contribution in [2.24, 2.45) is 0 Å². The van der Waals surface area contributed by atoms with E-state index in [1.165, 1.54) is 5.69 Å². The number of aromatic nitrogens is 1. The van der Waals surface area contributed by atoms with Crippen LogP contribution in [0.1, 0.15) is 12.1 Å². The molecule has 0 amide bonds. The van der Waals surface area contributed by atoms with Gasteiger partial charge in [0.25, 0.3) is 0 Å². The van der Waals surface area contributed by atoms with Crippen molar-refractivity contribution in [3.8, 4) is 0 Å². The van der Waals surface area contributed by atoms with Crippen molar-refractivity contribution in [3.63, 3.8) is 0 Å². The van der Waals surface area contributed by atoms with E-state index in [1.807, 2.05) is 19.2 Å². The third-order valence-electron chi connectivity index (χ3n) is 3.26. The quantitative estimate of drug-likeness (QED) is 0.862. The summed E-state index contributed by atoms with van der Waals surface area (Å²) in [6, 6.07) is 4.12. The minimum absolute atomic E-state index is 0.231. The molecule has 1 aliphatic heterocycles. The maximum atomic E-state index is 10.5. The van der Waals surface area contributed by atoms with Crippen LogP contribution < -0.4 is 4.90 Å². The molecular weight excluding hydrogens is 230 g/mol. The van der Waals surface area contributed by atoms with Crippen LogP contribution in [-0.2, 0) is 4.79 Å². The summed E-state index contributed by atoms with van der Waals surface area (Å²) in [5, 5.41) is 8.66. The molecule has 0 radical (unpaired) electrons. The average Bonchev–Trinajstić information content (AvgIpc) is 2.37. The fourth-order valence-corrected chi connectivity index (χ4v) is 2.21. The highest BCUT2D eigenvalue weighted by Crippen LogP contribution is 2.16. The van der Waals surface area contributed by atoms with E-state index >= 15 is 0 Å². The molecule has 0 bridgehead atoms. The van der Waals surface area contributed by atoms with Gasteiger partial charge in [0.15, 0.2) is 0 Å². The van der Waals surface area contributed by atoms with Crippen LogP contribution in [0.4, 0.5) is 5.69 Å². The van der Waals surface area contributed by atoms with E-state index in [0.29, 0.717) is 6.54 Å². The van der Waals surface area contributed by atoms with Gasteiger partial charge in [0.1, 0.15) is 0 Å². The highest BCUT2D eigenvalue weighted by Gasteiger charge is 2.17. The van der Waals surface area contributed by atoms with Crippen molar-refractivity contribution < 1.29 is 9.90 Å². The fraction of sp³-hybridized carbons (Fsp3) is 0.538. The van der Waals surface area contributed by atoms with E-state index in [1.54, 1.807) is 0 Å². The lowest BCUT2D eigenvalue weighted by molar-refractivity contribution is -0.137. The molecule has 1 saturated heterocycles. The van der Waals surface area contributed by atoms with E-state index in [0.717, 1.165) is 31.9 Å². The van der Waals surface area contributed by atoms with Gasteiger partial charge in [-0.25, -0.2) is 0 Å². The van der Waals surface area contributed by atoms with Crippen molar-refractivity contribution in [3.05, 3.63) is 24.0 Å². The topological polar surface area (TPSA) is 56.7 Å². The third kappa shape index (κ3) is 3.43. The Bertz CT molecular complexity index is 414. The standard InChI is InChI=1S/C13H19N3O2/c1-11-10-12(2-4-14-11)16-8-6-15(7-9-16)5-3-13(17)18/h2,4,10H,3,5-9H2,1H3,(H,17,18). The molecule has 1 N–H and O–H groups in total. The average molecular weight is 249 g/mol. The number of piperazine rings is 1. The lowest BCUT2D eigenvalue weighted by Gasteiger charge is -2.35. The van der Waals surface area contributed by atoms with Crippen LogP contribution in [0.15, 0.2) is 18.3 Å². The van der Waals surface area contributed by atoms with Gasteiger partial charge in [-0.15, -0.1) is 0 Å². The summed E-state index contributed by atoms with van der Waals surface area (Å²) in [5.74, 6) is -0.720. The number of hydrogen-bond acceptors (Lipinski definition) is 4. The summed E-state index contributed by atoms with van der Waals surface area (Å²) in [5.41, 5.74) is 2.24. The van der Waals surface area contributed by atoms with Crippen LogP contribution in [0.25, 0.3) is 0 Å². The zero-order valence-electron chi connectivity index (χ0n) is 10.7. The monoisotopic (exact) mass is 249 g/mol. The Kier molecular flexibility index (Phi) is 4.15. The molecule has 1 fully saturated rings. The molecule has 2 heterocycles. The second-order valence-electron chi connectivity index (χ2n) is 4.63. The first-order valence-electron chi connectivity index (χ1n) is 6.27. The molecule has 5 heteroatoms. The summed E-state index contributed by atoms with van der Waals surface area (Å²) in [6.45, 7) is 6.39. The maximum absolute atomic E-state index is 10.5. The Labute approximate surface area is 107 Å². The number of anilines is 1. The first-order chi connectivity index (χ1) is 8.65. The zero-order valence-corrected chi connectivity index (χ0v) is 10.7. The van der Waals surface area contributed by atoms with E-state index in [4.69, 9.17) is 5.11 Å². The van der Waals surface area contributed by atoms with Crippen molar-refractivity contribution >= 4 is 11.7 Å². The Morgan fingerprint density at radius 1 is 1.39 bits per heavy atom. The van der Waals surface area contributed by atoms with Crippen LogP contribution in [0, 0.1) is 6.92 Å². The van der Waals surface area contributed by atoms with Crippen molar-refractivity contribution in [1.29, 1.82) is 0 Å². The number of pyridine rings is 1. The molecule has 0 spiro atoms. The van der Waals surface area contributed by atoms with E-state index in [9.17, 15) is 4.79 Å². The molecule has 1 aliphatic rings. The summed E-state index contributed by atoms with van der Waals surface area (Å²) in [7, 11) is 0. The first kappa shape index (κ1) is 12.8. The molecule has 0 aliphatic carbocycles. The van der Waals surface area contributed by atoms with Gasteiger partial charge in [0.2, 0.25) is 0 Å². The van der Waals surface area contributed by atoms with E-state index in [2.05, 4.69) is 20.9 Å². The normalized spacial score (nSPS) is 16.8. The van der Waals surface area contributed by atoms with Gasteiger partial charge in [-0.1, -0.05) is 0 Å². The third-order valence-corrected chi connectivity index (χ3v) is 3.26. The molecule has 18 heavy (non-hydrogen) atoms. The minimum Gasteiger partial charge on any atom is -0.481 e. The van der Waals surface area contributed by atoms with Crippen LogP contribution >= 0.6 is 0 Å². The number of carboxylic acids is 1. The Hall–Kier alpha value is -1.62. The molecule has 98 valence electrons. The van der Waals surface area contributed by atoms with Crippen molar-refractivity contribution in [2.45, 2.75) is 13.3 Å². The Morgan fingerprint density at radius 3 is 2.72 bits per heavy atom. The maximum Gasteiger partial charge on any atom is 0.304 e. The van der Waals surface area contributed by atoms with E-state index < -0.39 is 5.97 Å². The molecule has 0 atom stereocenters. The fourth-order valence-electron chi connectivity index (χ4n) is 2.21. The van der Waals surface area contributed by atoms with Gasteiger partial charge in [-0.05, 0) is 19.1 Å². The van der Waals surface area contributed by atoms with Crippen LogP contribution in [0.5, 0.6) is 0 Å². The van der Waals surface area contributed by atoms with Crippen molar-refractivity contribution in [2.75, 3.05) is 37.6 Å². The molecular formula is C13H19N3O2. The molecule has 1 aromatic heterocycles. The molecule has 0 aromatic carbocycles. The minimum atomic E-state index is -0.720. The molecule has 5 nitrogen and oxygen atoms in total. The smallest absolute Gasteiger partial charge is 0.304 e. The second kappa shape index (κ2) is 5.82. The lowest BCUT2D eigenvalue weighted by atomic mass is 10.2. The first-order valence-corrected chi connectivity index (χ1v) is 6.27. The number of aryl methyl sites for hydroxylation is 1. The molecule has 0 saturated carbocycles. The Morgan fingerprint density at radius 2 is 2.11 bits per heavy atom. The molecule has 1 aromatic rings. The largest absolute Gasteiger partial charge is 0.481 e. The number of carboxylic acid groups (broad SMARTS) is 1. The number of nitrogens with zero attached hydrogens (tertiary/aromatic N) is 3. The van der Waals surface area contributed by atoms with Gasteiger partial charge in [-0.2, -0.15) is 0 Å². The summed E-state index contributed by atoms with van der Waals surface area (Å²) in [6.07, 6.45) is 2.07. The highest BCUT2D eigenvalue weighted by atomic mass is 16.4. The summed E-state index contributed by atoms with van der Waals surface area (Å²) in [4.78, 5) is 19.2. The summed E-state index contributed by atoms with van der Waals surface area (Å²) < 4.78 is 0. The van der Waals surface area contributed by atoms with Gasteiger partial charge in [0, 0.05) is 50.3 Å². The van der Waals surface area contributed by atoms with Crippen LogP contribution in [-0.4, -0.2) is 53.7 Å². The second-order valence-corrected chi connectivity index (χ2v) is 4.63.